The fraction of sp³-hybridized carbons (Fsp3) is 0.312. The molecule has 0 saturated carbocycles. The molecule has 0 saturated heterocycles. The molecule has 0 amide bonds. The van der Waals surface area contributed by atoms with Crippen molar-refractivity contribution in [1.82, 2.24) is 10.3 Å². The van der Waals surface area contributed by atoms with Crippen molar-refractivity contribution in [3.05, 3.63) is 64.7 Å². The Bertz CT molecular complexity index is 545. The summed E-state index contributed by atoms with van der Waals surface area (Å²) < 4.78 is 13.8. The van der Waals surface area contributed by atoms with E-state index < -0.39 is 0 Å². The molecule has 0 bridgehead atoms. The lowest BCUT2D eigenvalue weighted by atomic mass is 10.0. The summed E-state index contributed by atoms with van der Waals surface area (Å²) in [6, 6.07) is 11.0. The minimum atomic E-state index is -0.240. The molecule has 0 radical (unpaired) electrons. The molecule has 1 aromatic heterocycles. The molecule has 1 aromatic carbocycles. The summed E-state index contributed by atoms with van der Waals surface area (Å²) in [6.07, 6.45) is 4.23. The monoisotopic (exact) mass is 292 g/mol. The van der Waals surface area contributed by atoms with Crippen molar-refractivity contribution in [1.29, 1.82) is 0 Å². The summed E-state index contributed by atoms with van der Waals surface area (Å²) >= 11 is 5.76. The molecule has 2 nitrogen and oxygen atoms in total. The zero-order valence-electron chi connectivity index (χ0n) is 11.4. The lowest BCUT2D eigenvalue weighted by Gasteiger charge is -2.16. The van der Waals surface area contributed by atoms with Crippen LogP contribution in [0, 0.1) is 5.82 Å². The summed E-state index contributed by atoms with van der Waals surface area (Å²) in [6.45, 7) is 0. The Hall–Kier alpha value is -1.45. The van der Waals surface area contributed by atoms with E-state index in [0.717, 1.165) is 18.5 Å². The van der Waals surface area contributed by atoms with E-state index >= 15 is 0 Å². The zero-order valence-corrected chi connectivity index (χ0v) is 12.2. The van der Waals surface area contributed by atoms with Crippen molar-refractivity contribution in [2.24, 2.45) is 0 Å². The topological polar surface area (TPSA) is 24.9 Å². The number of hydrogen-bond acceptors (Lipinski definition) is 2. The van der Waals surface area contributed by atoms with Gasteiger partial charge in [0.15, 0.2) is 0 Å². The van der Waals surface area contributed by atoms with Crippen molar-refractivity contribution in [3.8, 4) is 0 Å². The molecule has 0 aliphatic heterocycles. The van der Waals surface area contributed by atoms with Crippen LogP contribution in [0.2, 0.25) is 5.02 Å². The fourth-order valence-electron chi connectivity index (χ4n) is 2.17. The first-order valence-electron chi connectivity index (χ1n) is 6.70. The number of rotatable bonds is 6. The highest BCUT2D eigenvalue weighted by atomic mass is 35.5. The average Bonchev–Trinajstić information content (AvgIpc) is 2.46. The molecule has 1 heterocycles. The molecule has 106 valence electrons. The van der Waals surface area contributed by atoms with E-state index in [1.165, 1.54) is 6.07 Å². The summed E-state index contributed by atoms with van der Waals surface area (Å²) in [4.78, 5) is 4.30. The largest absolute Gasteiger partial charge is 0.317 e. The number of aromatic nitrogens is 1. The van der Waals surface area contributed by atoms with Gasteiger partial charge in [-0.1, -0.05) is 23.7 Å². The first-order chi connectivity index (χ1) is 9.69. The minimum absolute atomic E-state index is 0.215. The second kappa shape index (κ2) is 7.36. The maximum Gasteiger partial charge on any atom is 0.127 e. The van der Waals surface area contributed by atoms with E-state index in [1.54, 1.807) is 18.3 Å². The van der Waals surface area contributed by atoms with E-state index in [4.69, 9.17) is 11.6 Å². The number of likely N-dealkylation sites (N-methyl/N-ethyl adjacent to an activating group) is 1. The number of halogens is 2. The van der Waals surface area contributed by atoms with Gasteiger partial charge in [0, 0.05) is 23.0 Å². The molecule has 4 heteroatoms. The van der Waals surface area contributed by atoms with Crippen LogP contribution in [0.3, 0.4) is 0 Å². The maximum absolute atomic E-state index is 13.8. The van der Waals surface area contributed by atoms with Gasteiger partial charge in [-0.25, -0.2) is 4.39 Å². The van der Waals surface area contributed by atoms with Crippen molar-refractivity contribution in [2.45, 2.75) is 25.3 Å². The van der Waals surface area contributed by atoms with Crippen LogP contribution in [0.5, 0.6) is 0 Å². The third-order valence-corrected chi connectivity index (χ3v) is 3.60. The number of benzene rings is 1. The third kappa shape index (κ3) is 4.29. The fourth-order valence-corrected chi connectivity index (χ4v) is 2.33. The van der Waals surface area contributed by atoms with Gasteiger partial charge >= 0.3 is 0 Å². The summed E-state index contributed by atoms with van der Waals surface area (Å²) in [5.41, 5.74) is 1.75. The number of nitrogens with one attached hydrogen (secondary N) is 1. The van der Waals surface area contributed by atoms with Crippen molar-refractivity contribution in [3.63, 3.8) is 0 Å². The van der Waals surface area contributed by atoms with Gasteiger partial charge in [-0.3, -0.25) is 4.98 Å². The normalized spacial score (nSPS) is 12.3. The summed E-state index contributed by atoms with van der Waals surface area (Å²) in [7, 11) is 1.90. The predicted octanol–water partition coefficient (Wildman–Crippen LogP) is 3.64. The molecule has 1 unspecified atom stereocenters. The van der Waals surface area contributed by atoms with E-state index in [-0.39, 0.29) is 11.9 Å². The highest BCUT2D eigenvalue weighted by Gasteiger charge is 2.11. The lowest BCUT2D eigenvalue weighted by Crippen LogP contribution is -2.28. The first-order valence-corrected chi connectivity index (χ1v) is 7.08. The molecule has 2 aromatic rings. The van der Waals surface area contributed by atoms with E-state index in [9.17, 15) is 4.39 Å². The summed E-state index contributed by atoms with van der Waals surface area (Å²) in [5.74, 6) is -0.240. The number of nitrogens with zero attached hydrogens (tertiary/aromatic N) is 1. The SMILES string of the molecule is CNC(CCc1ccccn1)Cc1ccc(Cl)cc1F. The van der Waals surface area contributed by atoms with Crippen LogP contribution in [0.4, 0.5) is 4.39 Å². The number of pyridine rings is 1. The van der Waals surface area contributed by atoms with Crippen LogP contribution in [-0.4, -0.2) is 18.1 Å². The molecule has 0 fully saturated rings. The Morgan fingerprint density at radius 2 is 2.15 bits per heavy atom. The van der Waals surface area contributed by atoms with Gasteiger partial charge in [-0.2, -0.15) is 0 Å². The second-order valence-corrected chi connectivity index (χ2v) is 5.22. The van der Waals surface area contributed by atoms with Crippen LogP contribution in [-0.2, 0) is 12.8 Å². The average molecular weight is 293 g/mol. The molecule has 1 N–H and O–H groups in total. The van der Waals surface area contributed by atoms with Crippen molar-refractivity contribution in [2.75, 3.05) is 7.05 Å². The zero-order chi connectivity index (χ0) is 14.4. The van der Waals surface area contributed by atoms with Gasteiger partial charge in [0.2, 0.25) is 0 Å². The maximum atomic E-state index is 13.8. The van der Waals surface area contributed by atoms with Crippen LogP contribution in [0.25, 0.3) is 0 Å². The Kier molecular flexibility index (Phi) is 5.50. The van der Waals surface area contributed by atoms with Gasteiger partial charge in [-0.15, -0.1) is 0 Å². The van der Waals surface area contributed by atoms with Gasteiger partial charge in [-0.05, 0) is 56.1 Å². The van der Waals surface area contributed by atoms with Crippen LogP contribution in [0.15, 0.2) is 42.6 Å². The highest BCUT2D eigenvalue weighted by Crippen LogP contribution is 2.17. The number of aryl methyl sites for hydroxylation is 1. The standard InChI is InChI=1S/C16H18ClFN2/c1-19-15(8-7-14-4-2-3-9-20-14)10-12-5-6-13(17)11-16(12)18/h2-6,9,11,15,19H,7-8,10H2,1H3. The third-order valence-electron chi connectivity index (χ3n) is 3.36. The molecule has 1 atom stereocenters. The first kappa shape index (κ1) is 14.9. The quantitative estimate of drug-likeness (QED) is 0.879. The van der Waals surface area contributed by atoms with E-state index in [2.05, 4.69) is 10.3 Å². The minimum Gasteiger partial charge on any atom is -0.317 e. The second-order valence-electron chi connectivity index (χ2n) is 4.79. The Morgan fingerprint density at radius 1 is 1.30 bits per heavy atom. The molecule has 2 rings (SSSR count). The summed E-state index contributed by atoms with van der Waals surface area (Å²) in [5, 5.41) is 3.67. The van der Waals surface area contributed by atoms with Crippen molar-refractivity contribution >= 4 is 11.6 Å². The van der Waals surface area contributed by atoms with Gasteiger partial charge in [0.05, 0.1) is 0 Å². The van der Waals surface area contributed by atoms with E-state index in [1.807, 2.05) is 25.2 Å². The molecule has 0 spiro atoms. The van der Waals surface area contributed by atoms with Gasteiger partial charge in [0.25, 0.3) is 0 Å². The molecular weight excluding hydrogens is 275 g/mol. The Morgan fingerprint density at radius 3 is 2.80 bits per heavy atom. The van der Waals surface area contributed by atoms with Gasteiger partial charge in [0.1, 0.15) is 5.82 Å². The predicted molar refractivity (Wildman–Crippen MR) is 80.5 cm³/mol. The van der Waals surface area contributed by atoms with Crippen molar-refractivity contribution < 1.29 is 4.39 Å². The van der Waals surface area contributed by atoms with Crippen LogP contribution >= 0.6 is 11.6 Å². The van der Waals surface area contributed by atoms with Gasteiger partial charge < -0.3 is 5.32 Å². The molecular formula is C16H18ClFN2. The highest BCUT2D eigenvalue weighted by molar-refractivity contribution is 6.30. The molecule has 20 heavy (non-hydrogen) atoms. The molecule has 0 aliphatic rings. The Labute approximate surface area is 124 Å². The molecule has 0 aliphatic carbocycles. The Balaban J connectivity index is 1.95. The number of hydrogen-bond donors (Lipinski definition) is 1. The lowest BCUT2D eigenvalue weighted by molar-refractivity contribution is 0.502. The van der Waals surface area contributed by atoms with Crippen LogP contribution in [0.1, 0.15) is 17.7 Å². The van der Waals surface area contributed by atoms with Crippen LogP contribution < -0.4 is 5.32 Å². The van der Waals surface area contributed by atoms with E-state index in [0.29, 0.717) is 17.0 Å². The smallest absolute Gasteiger partial charge is 0.127 e.